The van der Waals surface area contributed by atoms with Gasteiger partial charge in [0.05, 0.1) is 62.9 Å². The molecule has 2 aromatic rings. The molecule has 0 bridgehead atoms. The first-order valence-electron chi connectivity index (χ1n) is 21.7. The number of carboxylic acids is 1. The van der Waals surface area contributed by atoms with E-state index >= 15 is 0 Å². The van der Waals surface area contributed by atoms with Crippen molar-refractivity contribution in [2.45, 2.75) is 133 Å². The fraction of sp³-hybridized carbons (Fsp3) is 0.591. The Morgan fingerprint density at radius 3 is 1.75 bits per heavy atom. The maximum atomic E-state index is 11.9. The van der Waals surface area contributed by atoms with Crippen LogP contribution in [0.4, 0.5) is 0 Å². The molecule has 17 atom stereocenters. The Labute approximate surface area is 522 Å². The molecule has 4 N–H and O–H groups in total. The summed E-state index contributed by atoms with van der Waals surface area (Å²) in [6.07, 6.45) is -9.86. The third-order valence-corrected chi connectivity index (χ3v) is 11.4. The topological polar surface area (TPSA) is 388 Å². The first kappa shape index (κ1) is 76.4. The molecule has 2 aromatic carbocycles. The van der Waals surface area contributed by atoms with Crippen LogP contribution >= 0.6 is 0 Å². The van der Waals surface area contributed by atoms with E-state index in [1.807, 2.05) is 81.4 Å². The van der Waals surface area contributed by atoms with Gasteiger partial charge in [-0.2, -0.15) is 32.4 Å². The van der Waals surface area contributed by atoms with Gasteiger partial charge >= 0.3 is 131 Å². The maximum Gasteiger partial charge on any atom is 1.00 e. The summed E-state index contributed by atoms with van der Waals surface area (Å²) < 4.78 is 94.1. The smallest absolute Gasteiger partial charge is 0.726 e. The molecule has 0 aliphatic carbocycles. The van der Waals surface area contributed by atoms with Crippen LogP contribution in [0.25, 0.3) is 10.4 Å². The summed E-state index contributed by atoms with van der Waals surface area (Å²) in [5, 5.41) is 47.3. The molecule has 0 saturated carbocycles. The minimum Gasteiger partial charge on any atom is -0.726 e. The molecule has 5 unspecified atom stereocenters. The molecule has 0 amide bonds. The Morgan fingerprint density at radius 1 is 0.733 bits per heavy atom. The van der Waals surface area contributed by atoms with E-state index in [2.05, 4.69) is 10.0 Å². The number of nitrogens with zero attached hydrogens (tertiary/aromatic N) is 3. The van der Waals surface area contributed by atoms with Gasteiger partial charge in [0.25, 0.3) is 0 Å². The summed E-state index contributed by atoms with van der Waals surface area (Å²) in [5.41, 5.74) is 11.1. The fourth-order valence-corrected chi connectivity index (χ4v) is 7.68. The predicted molar refractivity (Wildman–Crippen MR) is 228 cm³/mol. The zero-order valence-electron chi connectivity index (χ0n) is 42.7. The first-order valence-corrected chi connectivity index (χ1v) is 23.1. The van der Waals surface area contributed by atoms with E-state index in [1.54, 1.807) is 13.3 Å². The molecule has 4 fully saturated rings. The van der Waals surface area contributed by atoms with Gasteiger partial charge < -0.3 is 77.1 Å². The number of aliphatic hydroxyl groups is 3. The zero-order chi connectivity index (χ0) is 52.7. The average Bonchev–Trinajstić information content (AvgIpc) is 3.33. The largest absolute Gasteiger partial charge is 1.00 e. The van der Waals surface area contributed by atoms with Gasteiger partial charge in [0.2, 0.25) is 10.4 Å². The van der Waals surface area contributed by atoms with Crippen molar-refractivity contribution in [2.24, 2.45) is 22.9 Å². The number of aliphatic carboxylic acids is 1. The number of hydrogen-bond donors (Lipinski definition) is 4. The summed E-state index contributed by atoms with van der Waals surface area (Å²) in [6, 6.07) is 17.9. The van der Waals surface area contributed by atoms with Crippen molar-refractivity contribution < 1.29 is 228 Å². The summed E-state index contributed by atoms with van der Waals surface area (Å²) in [4.78, 5) is 46.5. The molecular formula is C44H56N3Na4O23S-. The van der Waals surface area contributed by atoms with E-state index in [4.69, 9.17) is 84.1 Å². The molecule has 0 aromatic heterocycles. The Kier molecular flexibility index (Phi) is 41.3. The van der Waals surface area contributed by atoms with Crippen LogP contribution in [0.1, 0.15) is 45.2 Å². The van der Waals surface area contributed by atoms with Crippen molar-refractivity contribution in [1.82, 2.24) is 0 Å². The van der Waals surface area contributed by atoms with Crippen LogP contribution in [-0.4, -0.2) is 150 Å². The van der Waals surface area contributed by atoms with E-state index in [0.717, 1.165) is 11.1 Å². The van der Waals surface area contributed by atoms with Crippen molar-refractivity contribution in [3.8, 4) is 0 Å². The van der Waals surface area contributed by atoms with Crippen molar-refractivity contribution in [1.29, 1.82) is 0 Å². The Balaban J connectivity index is 0. The standard InChI is InChI=1S/C42H56N3O15.2CO2.4Na.H2O4S/c1-5-28-38(23(2)24(3)40(56-28)58-31-20-52-34(53-22-33(47)48)16-29(31)51-18-26-12-8-6-9-13-26)60-42-37(50)39(54-19-27-14-10-7-11-15-27)32(21-55-42)59-41-35(44-45-43)25(4)36(49)30(17-46)57-41;2*2-1-3;;;;;1-5(2,3)4/h6-16,20-21,23-25,28-32,34-42,46,49-50H,5,17-19,22H2,1-4H3,(H,47,48);;;;;;;(H2,1,2,3,4)/q-3;;;4*+1;/p-2/t23-,24?,25-,28?,29+,30?,31-,32-,34+,35?,36+,37?,38+,39-,40-,41+,42+;;;;;;;/m1......./s1. The van der Waals surface area contributed by atoms with Gasteiger partial charge in [-0.1, -0.05) is 99.6 Å². The third-order valence-electron chi connectivity index (χ3n) is 11.4. The van der Waals surface area contributed by atoms with Crippen LogP contribution in [0.2, 0.25) is 0 Å². The van der Waals surface area contributed by atoms with Gasteiger partial charge in [0.1, 0.15) is 12.2 Å². The molecule has 396 valence electrons. The number of ether oxygens (including phenoxy) is 10. The van der Waals surface area contributed by atoms with Crippen LogP contribution in [0, 0.1) is 37.4 Å². The SMILES string of the molecule is CCC1O[C@H](O[C@@H]2[CH-]O[C@@H](OCC(=O)[O-])[CH-][C@@H]2OCc2ccccc2)C(C)[C@@H](C)[C@@H]1O[C@@H]1O[CH-][C@@H](O[C@@H]2OC(CO)[C@@H](O)[C@H](C)C2N=[N+]=[N-])[C@@H](OCc2ccccc2)C1O.O=C=O.O=C=O.O=S(=O)([O-])O.[Na+].[Na+].[Na+].[Na+]. The van der Waals surface area contributed by atoms with Crippen LogP contribution < -0.4 is 123 Å². The number of aliphatic hydroxyl groups excluding tert-OH is 3. The van der Waals surface area contributed by atoms with Crippen molar-refractivity contribution in [2.75, 3.05) is 13.2 Å². The van der Waals surface area contributed by atoms with Gasteiger partial charge in [-0.3, -0.25) is 4.55 Å². The van der Waals surface area contributed by atoms with Crippen LogP contribution in [0.15, 0.2) is 65.8 Å². The van der Waals surface area contributed by atoms with E-state index in [9.17, 15) is 30.8 Å². The molecule has 4 aliphatic heterocycles. The Bertz CT molecular complexity index is 2100. The molecule has 4 heterocycles. The molecule has 4 aliphatic rings. The molecule has 75 heavy (non-hydrogen) atoms. The molecule has 0 radical (unpaired) electrons. The summed E-state index contributed by atoms with van der Waals surface area (Å²) in [5.74, 6) is -2.50. The number of hydrogen-bond acceptors (Lipinski definition) is 23. The number of benzene rings is 2. The molecule has 31 heteroatoms. The number of carboxylic acid groups (broad SMARTS) is 1. The molecular weight excluding hydrogens is 1060 g/mol. The van der Waals surface area contributed by atoms with E-state index < -0.39 is 122 Å². The zero-order valence-corrected chi connectivity index (χ0v) is 51.5. The second-order valence-electron chi connectivity index (χ2n) is 16.0. The number of carbonyl (C=O) groups is 1. The maximum absolute atomic E-state index is 11.9. The fourth-order valence-electron chi connectivity index (χ4n) is 7.68. The van der Waals surface area contributed by atoms with Crippen LogP contribution in [0.5, 0.6) is 0 Å². The molecule has 0 spiro atoms. The van der Waals surface area contributed by atoms with Gasteiger partial charge in [0, 0.05) is 17.1 Å². The van der Waals surface area contributed by atoms with Crippen molar-refractivity contribution >= 4 is 28.7 Å². The average molecular weight is 1120 g/mol. The predicted octanol–water partition coefficient (Wildman–Crippen LogP) is -11.7. The van der Waals surface area contributed by atoms with Crippen molar-refractivity contribution in [3.63, 3.8) is 0 Å². The monoisotopic (exact) mass is 1120 g/mol. The minimum absolute atomic E-state index is 0. The van der Waals surface area contributed by atoms with Gasteiger partial charge in [-0.25, -0.2) is 14.8 Å². The summed E-state index contributed by atoms with van der Waals surface area (Å²) >= 11 is 0. The van der Waals surface area contributed by atoms with E-state index in [-0.39, 0.29) is 156 Å². The second-order valence-corrected chi connectivity index (χ2v) is 16.9. The number of azide groups is 1. The van der Waals surface area contributed by atoms with Crippen LogP contribution in [0.3, 0.4) is 0 Å². The van der Waals surface area contributed by atoms with Gasteiger partial charge in [-0.15, -0.1) is 0 Å². The normalized spacial score (nSPS) is 31.8. The Morgan fingerprint density at radius 2 is 1.24 bits per heavy atom. The first-order chi connectivity index (χ1) is 33.8. The van der Waals surface area contributed by atoms with E-state index in [1.165, 1.54) is 13.2 Å². The second kappa shape index (κ2) is 40.5. The number of rotatable bonds is 18. The van der Waals surface area contributed by atoms with Gasteiger partial charge in [-0.05, 0) is 47.1 Å². The molecule has 4 saturated heterocycles. The van der Waals surface area contributed by atoms with Crippen LogP contribution in [-0.2, 0) is 95.0 Å². The quantitative estimate of drug-likeness (QED) is 0.0205. The Hall–Kier alpha value is -0.670. The number of carbonyl (C=O) groups excluding carboxylic acids is 5. The van der Waals surface area contributed by atoms with Gasteiger partial charge in [0.15, 0.2) is 18.9 Å². The summed E-state index contributed by atoms with van der Waals surface area (Å²) in [7, 11) is -4.92. The minimum atomic E-state index is -4.92. The third kappa shape index (κ3) is 26.2. The molecule has 26 nitrogen and oxygen atoms in total. The molecule has 6 rings (SSSR count). The summed E-state index contributed by atoms with van der Waals surface area (Å²) in [6.45, 7) is 9.47. The van der Waals surface area contributed by atoms with E-state index in [0.29, 0.717) is 6.42 Å². The van der Waals surface area contributed by atoms with Crippen molar-refractivity contribution in [3.05, 3.63) is 102 Å².